The average molecular weight is 323 g/mol. The molecule has 0 saturated heterocycles. The Labute approximate surface area is 139 Å². The van der Waals surface area contributed by atoms with Gasteiger partial charge in [-0.2, -0.15) is 0 Å². The van der Waals surface area contributed by atoms with E-state index in [-0.39, 0.29) is 5.91 Å². The Morgan fingerprint density at radius 1 is 1.04 bits per heavy atom. The molecule has 1 heterocycles. The first kappa shape index (κ1) is 15.4. The van der Waals surface area contributed by atoms with Crippen molar-refractivity contribution in [3.63, 3.8) is 0 Å². The molecule has 116 valence electrons. The minimum absolute atomic E-state index is 0.00136. The first-order chi connectivity index (χ1) is 11.3. The van der Waals surface area contributed by atoms with Crippen LogP contribution in [0.3, 0.4) is 0 Å². The van der Waals surface area contributed by atoms with Crippen molar-refractivity contribution in [2.24, 2.45) is 0 Å². The van der Waals surface area contributed by atoms with Crippen molar-refractivity contribution >= 4 is 17.7 Å². The van der Waals surface area contributed by atoms with E-state index in [1.54, 1.807) is 6.20 Å². The van der Waals surface area contributed by atoms with E-state index in [2.05, 4.69) is 10.3 Å². The average Bonchev–Trinajstić information content (AvgIpc) is 3.08. The molecule has 4 nitrogen and oxygen atoms in total. The Hall–Kier alpha value is -2.53. The molecular weight excluding hydrogens is 306 g/mol. The number of amides is 1. The highest BCUT2D eigenvalue weighted by atomic mass is 32.2. The highest BCUT2D eigenvalue weighted by Gasteiger charge is 2.08. The second-order valence-corrected chi connectivity index (χ2v) is 5.91. The summed E-state index contributed by atoms with van der Waals surface area (Å²) in [7, 11) is 0. The highest BCUT2D eigenvalue weighted by Crippen LogP contribution is 2.19. The summed E-state index contributed by atoms with van der Waals surface area (Å²) in [5.41, 5.74) is 2.13. The summed E-state index contributed by atoms with van der Waals surface area (Å²) >= 11 is 1.43. The maximum atomic E-state index is 12.0. The van der Waals surface area contributed by atoms with Crippen LogP contribution < -0.4 is 5.32 Å². The van der Waals surface area contributed by atoms with Crippen LogP contribution in [0.15, 0.2) is 78.2 Å². The summed E-state index contributed by atoms with van der Waals surface area (Å²) in [5.74, 6) is 0.345. The zero-order chi connectivity index (χ0) is 15.9. The molecule has 0 fully saturated rings. The van der Waals surface area contributed by atoms with E-state index in [9.17, 15) is 4.79 Å². The predicted octanol–water partition coefficient (Wildman–Crippen LogP) is 3.28. The highest BCUT2D eigenvalue weighted by molar-refractivity contribution is 7.99. The molecule has 5 heteroatoms. The lowest BCUT2D eigenvalue weighted by molar-refractivity contribution is -0.118. The first-order valence-corrected chi connectivity index (χ1v) is 8.34. The van der Waals surface area contributed by atoms with Gasteiger partial charge >= 0.3 is 0 Å². The van der Waals surface area contributed by atoms with Crippen molar-refractivity contribution in [3.05, 3.63) is 78.6 Å². The zero-order valence-corrected chi connectivity index (χ0v) is 13.4. The van der Waals surface area contributed by atoms with Crippen molar-refractivity contribution in [1.82, 2.24) is 14.9 Å². The van der Waals surface area contributed by atoms with Gasteiger partial charge < -0.3 is 5.32 Å². The third-order valence-corrected chi connectivity index (χ3v) is 4.27. The number of para-hydroxylation sites is 1. The van der Waals surface area contributed by atoms with E-state index >= 15 is 0 Å². The maximum Gasteiger partial charge on any atom is 0.230 e. The van der Waals surface area contributed by atoms with Gasteiger partial charge in [-0.05, 0) is 17.7 Å². The third kappa shape index (κ3) is 4.23. The molecule has 1 aromatic heterocycles. The summed E-state index contributed by atoms with van der Waals surface area (Å²) in [6, 6.07) is 19.9. The van der Waals surface area contributed by atoms with Crippen LogP contribution in [0.5, 0.6) is 0 Å². The van der Waals surface area contributed by atoms with Crippen molar-refractivity contribution in [2.75, 3.05) is 5.75 Å². The van der Waals surface area contributed by atoms with Gasteiger partial charge in [0.2, 0.25) is 5.91 Å². The van der Waals surface area contributed by atoms with Crippen LogP contribution in [0.25, 0.3) is 5.69 Å². The number of nitrogens with one attached hydrogen (secondary N) is 1. The summed E-state index contributed by atoms with van der Waals surface area (Å²) < 4.78 is 1.98. The second-order valence-electron chi connectivity index (χ2n) is 4.97. The second kappa shape index (κ2) is 7.65. The summed E-state index contributed by atoms with van der Waals surface area (Å²) in [4.78, 5) is 16.3. The fraction of sp³-hybridized carbons (Fsp3) is 0.111. The van der Waals surface area contributed by atoms with Gasteiger partial charge in [0, 0.05) is 24.6 Å². The van der Waals surface area contributed by atoms with Crippen LogP contribution in [-0.2, 0) is 11.3 Å². The van der Waals surface area contributed by atoms with Gasteiger partial charge in [0.1, 0.15) is 0 Å². The Balaban J connectivity index is 1.55. The molecule has 1 N–H and O–H groups in total. The lowest BCUT2D eigenvalue weighted by Gasteiger charge is -2.08. The van der Waals surface area contributed by atoms with Crippen LogP contribution in [0.2, 0.25) is 0 Å². The lowest BCUT2D eigenvalue weighted by Crippen LogP contribution is -2.24. The molecule has 0 aliphatic heterocycles. The molecule has 0 bridgehead atoms. The van der Waals surface area contributed by atoms with Crippen molar-refractivity contribution in [2.45, 2.75) is 11.7 Å². The van der Waals surface area contributed by atoms with E-state index in [1.165, 1.54) is 11.8 Å². The van der Waals surface area contributed by atoms with Crippen molar-refractivity contribution in [3.8, 4) is 5.69 Å². The Morgan fingerprint density at radius 3 is 2.48 bits per heavy atom. The number of benzene rings is 2. The van der Waals surface area contributed by atoms with Gasteiger partial charge in [0.15, 0.2) is 5.16 Å². The number of carbonyl (C=O) groups is 1. The number of thioether (sulfide) groups is 1. The fourth-order valence-electron chi connectivity index (χ4n) is 2.16. The molecule has 23 heavy (non-hydrogen) atoms. The molecule has 0 radical (unpaired) electrons. The molecule has 3 aromatic rings. The van der Waals surface area contributed by atoms with Crippen LogP contribution in [0.4, 0.5) is 0 Å². The molecular formula is C18H17N3OS. The smallest absolute Gasteiger partial charge is 0.230 e. The molecule has 0 atom stereocenters. The van der Waals surface area contributed by atoms with Gasteiger partial charge in [-0.1, -0.05) is 60.3 Å². The number of hydrogen-bond donors (Lipinski definition) is 1. The Morgan fingerprint density at radius 2 is 1.74 bits per heavy atom. The quantitative estimate of drug-likeness (QED) is 0.708. The van der Waals surface area contributed by atoms with Crippen LogP contribution >= 0.6 is 11.8 Å². The van der Waals surface area contributed by atoms with Gasteiger partial charge in [0.05, 0.1) is 5.75 Å². The van der Waals surface area contributed by atoms with Crippen LogP contribution in [0.1, 0.15) is 5.56 Å². The molecule has 2 aromatic carbocycles. The Kier molecular flexibility index (Phi) is 5.11. The maximum absolute atomic E-state index is 12.0. The summed E-state index contributed by atoms with van der Waals surface area (Å²) in [5, 5.41) is 3.73. The summed E-state index contributed by atoms with van der Waals surface area (Å²) in [6.45, 7) is 0.549. The molecule has 0 aliphatic rings. The number of carbonyl (C=O) groups excluding carboxylic acids is 1. The predicted molar refractivity (Wildman–Crippen MR) is 92.6 cm³/mol. The largest absolute Gasteiger partial charge is 0.351 e. The molecule has 3 rings (SSSR count). The van der Waals surface area contributed by atoms with Crippen molar-refractivity contribution < 1.29 is 4.79 Å². The van der Waals surface area contributed by atoms with E-state index in [0.717, 1.165) is 16.4 Å². The summed E-state index contributed by atoms with van der Waals surface area (Å²) in [6.07, 6.45) is 3.65. The minimum atomic E-state index is 0.00136. The van der Waals surface area contributed by atoms with E-state index in [1.807, 2.05) is 71.4 Å². The normalized spacial score (nSPS) is 10.4. The van der Waals surface area contributed by atoms with Gasteiger partial charge in [-0.3, -0.25) is 9.36 Å². The molecule has 1 amide bonds. The number of imidazole rings is 1. The van der Waals surface area contributed by atoms with Crippen LogP contribution in [-0.4, -0.2) is 21.2 Å². The minimum Gasteiger partial charge on any atom is -0.351 e. The van der Waals surface area contributed by atoms with E-state index in [0.29, 0.717) is 12.3 Å². The standard InChI is InChI=1S/C18H17N3OS/c22-17(20-13-15-7-3-1-4-8-15)14-23-18-19-11-12-21(18)16-9-5-2-6-10-16/h1-12H,13-14H2,(H,20,22). The van der Waals surface area contributed by atoms with E-state index in [4.69, 9.17) is 0 Å². The number of hydrogen-bond acceptors (Lipinski definition) is 3. The SMILES string of the molecule is O=C(CSc1nccn1-c1ccccc1)NCc1ccccc1. The van der Waals surface area contributed by atoms with Crippen LogP contribution in [0, 0.1) is 0 Å². The number of nitrogens with zero attached hydrogens (tertiary/aromatic N) is 2. The molecule has 0 unspecified atom stereocenters. The number of rotatable bonds is 6. The monoisotopic (exact) mass is 323 g/mol. The lowest BCUT2D eigenvalue weighted by atomic mass is 10.2. The topological polar surface area (TPSA) is 46.9 Å². The molecule has 0 aliphatic carbocycles. The third-order valence-electron chi connectivity index (χ3n) is 3.31. The Bertz CT molecular complexity index is 756. The van der Waals surface area contributed by atoms with Gasteiger partial charge in [-0.25, -0.2) is 4.98 Å². The van der Waals surface area contributed by atoms with Gasteiger partial charge in [0.25, 0.3) is 0 Å². The molecule has 0 spiro atoms. The van der Waals surface area contributed by atoms with E-state index < -0.39 is 0 Å². The zero-order valence-electron chi connectivity index (χ0n) is 12.6. The molecule has 0 saturated carbocycles. The first-order valence-electron chi connectivity index (χ1n) is 7.35. The fourth-order valence-corrected chi connectivity index (χ4v) is 2.96. The van der Waals surface area contributed by atoms with Gasteiger partial charge in [-0.15, -0.1) is 0 Å². The number of aromatic nitrogens is 2. The van der Waals surface area contributed by atoms with Crippen molar-refractivity contribution in [1.29, 1.82) is 0 Å².